The average Bonchev–Trinajstić information content (AvgIpc) is 2.65. The van der Waals surface area contributed by atoms with E-state index in [1.807, 2.05) is 6.07 Å². The van der Waals surface area contributed by atoms with E-state index in [9.17, 15) is 0 Å². The Morgan fingerprint density at radius 1 is 1.53 bits per heavy atom. The summed E-state index contributed by atoms with van der Waals surface area (Å²) < 4.78 is 5.65. The lowest BCUT2D eigenvalue weighted by molar-refractivity contribution is 0.0314. The molecule has 1 fully saturated rings. The minimum atomic E-state index is -0.0681. The first kappa shape index (κ1) is 10.6. The van der Waals surface area contributed by atoms with Crippen LogP contribution in [0.2, 0.25) is 5.15 Å². The zero-order chi connectivity index (χ0) is 10.7. The number of nitrogens with zero attached hydrogens (tertiary/aromatic N) is 2. The molecule has 1 atom stereocenters. The minimum absolute atomic E-state index is 0.0681. The summed E-state index contributed by atoms with van der Waals surface area (Å²) in [6.07, 6.45) is 2.21. The second kappa shape index (κ2) is 4.33. The number of aromatic nitrogens is 2. The van der Waals surface area contributed by atoms with Gasteiger partial charge in [-0.15, -0.1) is 10.2 Å². The summed E-state index contributed by atoms with van der Waals surface area (Å²) in [4.78, 5) is 0. The van der Waals surface area contributed by atoms with Crippen LogP contribution in [0.15, 0.2) is 12.1 Å². The van der Waals surface area contributed by atoms with Crippen molar-refractivity contribution >= 4 is 17.4 Å². The Balaban J connectivity index is 1.90. The van der Waals surface area contributed by atoms with Crippen LogP contribution in [0.4, 0.5) is 5.82 Å². The van der Waals surface area contributed by atoms with Crippen molar-refractivity contribution in [1.82, 2.24) is 10.2 Å². The smallest absolute Gasteiger partial charge is 0.151 e. The van der Waals surface area contributed by atoms with Crippen molar-refractivity contribution in [3.8, 4) is 0 Å². The summed E-state index contributed by atoms with van der Waals surface area (Å²) >= 11 is 5.64. The van der Waals surface area contributed by atoms with Gasteiger partial charge in [-0.2, -0.15) is 0 Å². The van der Waals surface area contributed by atoms with E-state index in [2.05, 4.69) is 22.4 Å². The van der Waals surface area contributed by atoms with E-state index in [0.717, 1.165) is 31.8 Å². The van der Waals surface area contributed by atoms with Gasteiger partial charge in [-0.3, -0.25) is 0 Å². The molecule has 2 rings (SSSR count). The fraction of sp³-hybridized carbons (Fsp3) is 0.600. The lowest BCUT2D eigenvalue weighted by atomic mass is 10.0. The van der Waals surface area contributed by atoms with Crippen LogP contribution in [0.3, 0.4) is 0 Å². The molecule has 5 heteroatoms. The Bertz CT molecular complexity index is 322. The van der Waals surface area contributed by atoms with E-state index in [1.54, 1.807) is 6.07 Å². The highest BCUT2D eigenvalue weighted by Crippen LogP contribution is 2.25. The molecule has 1 saturated heterocycles. The zero-order valence-corrected chi connectivity index (χ0v) is 9.42. The Labute approximate surface area is 94.0 Å². The number of hydrogen-bond donors (Lipinski definition) is 1. The molecule has 0 aromatic carbocycles. The Kier molecular flexibility index (Phi) is 3.07. The van der Waals surface area contributed by atoms with Gasteiger partial charge < -0.3 is 10.1 Å². The maximum absolute atomic E-state index is 5.65. The molecule has 1 aliphatic rings. The predicted octanol–water partition coefficient (Wildman–Crippen LogP) is 2.11. The maximum atomic E-state index is 5.65. The van der Waals surface area contributed by atoms with Gasteiger partial charge >= 0.3 is 0 Å². The van der Waals surface area contributed by atoms with Crippen LogP contribution < -0.4 is 5.32 Å². The molecule has 82 valence electrons. The molecule has 4 nitrogen and oxygen atoms in total. The zero-order valence-electron chi connectivity index (χ0n) is 8.66. The van der Waals surface area contributed by atoms with Crippen LogP contribution in [-0.4, -0.2) is 29.0 Å². The summed E-state index contributed by atoms with van der Waals surface area (Å²) in [6, 6.07) is 3.53. The number of hydrogen-bond acceptors (Lipinski definition) is 4. The normalized spacial score (nSPS) is 25.5. The number of nitrogens with one attached hydrogen (secondary N) is 1. The molecule has 0 radical (unpaired) electrons. The van der Waals surface area contributed by atoms with E-state index in [0.29, 0.717) is 5.15 Å². The van der Waals surface area contributed by atoms with E-state index >= 15 is 0 Å². The van der Waals surface area contributed by atoms with Crippen molar-refractivity contribution < 1.29 is 4.74 Å². The van der Waals surface area contributed by atoms with Crippen LogP contribution in [0.25, 0.3) is 0 Å². The van der Waals surface area contributed by atoms with Gasteiger partial charge in [0.15, 0.2) is 5.15 Å². The van der Waals surface area contributed by atoms with Crippen molar-refractivity contribution in [2.24, 2.45) is 0 Å². The third kappa shape index (κ3) is 2.79. The molecule has 0 saturated carbocycles. The molecule has 1 N–H and O–H groups in total. The van der Waals surface area contributed by atoms with Crippen molar-refractivity contribution in [2.75, 3.05) is 18.5 Å². The summed E-state index contributed by atoms with van der Waals surface area (Å²) in [7, 11) is 0. The third-order valence-electron chi connectivity index (χ3n) is 2.58. The largest absolute Gasteiger partial charge is 0.373 e. The SMILES string of the molecule is CC1(CNc2ccc(Cl)nn2)CCCO1. The van der Waals surface area contributed by atoms with Crippen molar-refractivity contribution in [2.45, 2.75) is 25.4 Å². The van der Waals surface area contributed by atoms with Gasteiger partial charge in [-0.1, -0.05) is 11.6 Å². The molecule has 0 bridgehead atoms. The summed E-state index contributed by atoms with van der Waals surface area (Å²) in [5, 5.41) is 11.3. The van der Waals surface area contributed by atoms with Crippen LogP contribution in [-0.2, 0) is 4.74 Å². The standard InChI is InChI=1S/C10H14ClN3O/c1-10(5-2-6-15-10)7-12-9-4-3-8(11)13-14-9/h3-4H,2,5-7H2,1H3,(H,12,14). The molecule has 15 heavy (non-hydrogen) atoms. The van der Waals surface area contributed by atoms with Gasteiger partial charge in [0.1, 0.15) is 5.82 Å². The van der Waals surface area contributed by atoms with Crippen LogP contribution in [0, 0.1) is 0 Å². The summed E-state index contributed by atoms with van der Waals surface area (Å²) in [6.45, 7) is 3.71. The van der Waals surface area contributed by atoms with E-state index in [-0.39, 0.29) is 5.60 Å². The second-order valence-electron chi connectivity index (χ2n) is 4.00. The highest BCUT2D eigenvalue weighted by molar-refractivity contribution is 6.29. The molecule has 1 unspecified atom stereocenters. The van der Waals surface area contributed by atoms with Gasteiger partial charge in [0.2, 0.25) is 0 Å². The Hall–Kier alpha value is -0.870. The molecular weight excluding hydrogens is 214 g/mol. The van der Waals surface area contributed by atoms with Gasteiger partial charge in [0, 0.05) is 13.2 Å². The molecule has 1 aliphatic heterocycles. The van der Waals surface area contributed by atoms with Crippen LogP contribution in [0.1, 0.15) is 19.8 Å². The maximum Gasteiger partial charge on any atom is 0.151 e. The quantitative estimate of drug-likeness (QED) is 0.859. The molecule has 0 amide bonds. The minimum Gasteiger partial charge on any atom is -0.373 e. The first-order valence-electron chi connectivity index (χ1n) is 5.05. The van der Waals surface area contributed by atoms with Crippen molar-refractivity contribution in [3.05, 3.63) is 17.3 Å². The molecule has 1 aromatic heterocycles. The third-order valence-corrected chi connectivity index (χ3v) is 2.78. The average molecular weight is 228 g/mol. The topological polar surface area (TPSA) is 47.0 Å². The van der Waals surface area contributed by atoms with Crippen LogP contribution >= 0.6 is 11.6 Å². The van der Waals surface area contributed by atoms with Gasteiger partial charge in [-0.25, -0.2) is 0 Å². The van der Waals surface area contributed by atoms with Gasteiger partial charge in [-0.05, 0) is 31.9 Å². The van der Waals surface area contributed by atoms with Gasteiger partial charge in [0.25, 0.3) is 0 Å². The summed E-state index contributed by atoms with van der Waals surface area (Å²) in [5.41, 5.74) is -0.0681. The molecular formula is C10H14ClN3O. The highest BCUT2D eigenvalue weighted by atomic mass is 35.5. The Morgan fingerprint density at radius 3 is 3.00 bits per heavy atom. The lowest BCUT2D eigenvalue weighted by Crippen LogP contribution is -2.32. The molecule has 0 spiro atoms. The van der Waals surface area contributed by atoms with Crippen LogP contribution in [0.5, 0.6) is 0 Å². The highest BCUT2D eigenvalue weighted by Gasteiger charge is 2.29. The number of ether oxygens (including phenoxy) is 1. The number of halogens is 1. The molecule has 1 aromatic rings. The first-order chi connectivity index (χ1) is 7.18. The fourth-order valence-corrected chi connectivity index (χ4v) is 1.76. The predicted molar refractivity (Wildman–Crippen MR) is 59.1 cm³/mol. The van der Waals surface area contributed by atoms with Crippen molar-refractivity contribution in [1.29, 1.82) is 0 Å². The number of rotatable bonds is 3. The molecule has 2 heterocycles. The monoisotopic (exact) mass is 227 g/mol. The first-order valence-corrected chi connectivity index (χ1v) is 5.43. The number of anilines is 1. The van der Waals surface area contributed by atoms with E-state index < -0.39 is 0 Å². The van der Waals surface area contributed by atoms with Gasteiger partial charge in [0.05, 0.1) is 5.60 Å². The summed E-state index contributed by atoms with van der Waals surface area (Å²) in [5.74, 6) is 0.733. The van der Waals surface area contributed by atoms with E-state index in [4.69, 9.17) is 16.3 Å². The van der Waals surface area contributed by atoms with E-state index in [1.165, 1.54) is 0 Å². The lowest BCUT2D eigenvalue weighted by Gasteiger charge is -2.23. The molecule has 0 aliphatic carbocycles. The second-order valence-corrected chi connectivity index (χ2v) is 4.38. The Morgan fingerprint density at radius 2 is 2.40 bits per heavy atom. The van der Waals surface area contributed by atoms with Crippen molar-refractivity contribution in [3.63, 3.8) is 0 Å². The fourth-order valence-electron chi connectivity index (χ4n) is 1.66.